The van der Waals surface area contributed by atoms with Gasteiger partial charge in [0, 0.05) is 41.2 Å². The van der Waals surface area contributed by atoms with Crippen molar-refractivity contribution in [2.24, 2.45) is 0 Å². The van der Waals surface area contributed by atoms with Crippen molar-refractivity contribution in [3.63, 3.8) is 0 Å². The average Bonchev–Trinajstić information content (AvgIpc) is 3.27. The molecule has 0 spiro atoms. The van der Waals surface area contributed by atoms with Gasteiger partial charge >= 0.3 is 0 Å². The first-order chi connectivity index (χ1) is 13.9. The number of rotatable bonds is 4. The molecule has 3 N–H and O–H groups in total. The molecule has 0 aliphatic carbocycles. The van der Waals surface area contributed by atoms with Gasteiger partial charge in [-0.1, -0.05) is 24.3 Å². The number of carbonyl (C=O) groups is 1. The fourth-order valence-corrected chi connectivity index (χ4v) is 6.97. The minimum Gasteiger partial charge on any atom is -0.397 e. The maximum Gasteiger partial charge on any atom is 0.255 e. The molecule has 0 atom stereocenters. The SMILES string of the molecule is CN1CCP(=O)(c2ccc(C(=O)Nc3cc(-c4cccs4)ccc3N)cc2)CC1. The summed E-state index contributed by atoms with van der Waals surface area (Å²) in [6, 6.07) is 16.9. The van der Waals surface area contributed by atoms with Crippen molar-refractivity contribution in [2.45, 2.75) is 0 Å². The number of hydrogen-bond acceptors (Lipinski definition) is 5. The van der Waals surface area contributed by atoms with Crippen LogP contribution in [0.2, 0.25) is 0 Å². The van der Waals surface area contributed by atoms with E-state index in [4.69, 9.17) is 5.73 Å². The molecule has 1 aliphatic rings. The number of thiophene rings is 1. The van der Waals surface area contributed by atoms with Crippen LogP contribution in [0.4, 0.5) is 11.4 Å². The van der Waals surface area contributed by atoms with Crippen LogP contribution in [0.25, 0.3) is 10.4 Å². The van der Waals surface area contributed by atoms with Gasteiger partial charge in [-0.3, -0.25) is 4.79 Å². The van der Waals surface area contributed by atoms with E-state index in [0.29, 0.717) is 29.3 Å². The fourth-order valence-electron chi connectivity index (χ4n) is 3.49. The van der Waals surface area contributed by atoms with Crippen LogP contribution in [0.3, 0.4) is 0 Å². The number of anilines is 2. The number of benzene rings is 2. The Morgan fingerprint density at radius 1 is 1.10 bits per heavy atom. The third-order valence-corrected chi connectivity index (χ3v) is 9.40. The summed E-state index contributed by atoms with van der Waals surface area (Å²) in [6.45, 7) is 1.69. The zero-order chi connectivity index (χ0) is 20.4. The predicted octanol–water partition coefficient (Wildman–Crippen LogP) is 4.18. The molecular formula is C22H24N3O2PS. The van der Waals surface area contributed by atoms with E-state index < -0.39 is 7.14 Å². The van der Waals surface area contributed by atoms with Crippen LogP contribution >= 0.6 is 18.5 Å². The summed E-state index contributed by atoms with van der Waals surface area (Å²) in [5.74, 6) is -0.228. The molecule has 4 rings (SSSR count). The Bertz CT molecular complexity index is 1050. The Morgan fingerprint density at radius 2 is 1.83 bits per heavy atom. The Labute approximate surface area is 174 Å². The van der Waals surface area contributed by atoms with E-state index in [2.05, 4.69) is 17.3 Å². The molecule has 2 aromatic carbocycles. The first kappa shape index (κ1) is 19.9. The summed E-state index contributed by atoms with van der Waals surface area (Å²) in [7, 11) is -0.303. The zero-order valence-corrected chi connectivity index (χ0v) is 18.0. The summed E-state index contributed by atoms with van der Waals surface area (Å²) < 4.78 is 13.2. The molecule has 150 valence electrons. The Hall–Kier alpha value is -2.40. The summed E-state index contributed by atoms with van der Waals surface area (Å²) >= 11 is 1.64. The second-order valence-corrected chi connectivity index (χ2v) is 11.6. The molecular weight excluding hydrogens is 401 g/mol. The lowest BCUT2D eigenvalue weighted by molar-refractivity contribution is 0.102. The van der Waals surface area contributed by atoms with Crippen LogP contribution in [0.1, 0.15) is 10.4 Å². The molecule has 1 aliphatic heterocycles. The largest absolute Gasteiger partial charge is 0.397 e. The highest BCUT2D eigenvalue weighted by Crippen LogP contribution is 2.45. The van der Waals surface area contributed by atoms with Gasteiger partial charge < -0.3 is 20.5 Å². The van der Waals surface area contributed by atoms with Crippen LogP contribution in [0.15, 0.2) is 60.0 Å². The second kappa shape index (κ2) is 8.15. The quantitative estimate of drug-likeness (QED) is 0.486. The molecule has 2 heterocycles. The van der Waals surface area contributed by atoms with Crippen molar-refractivity contribution in [1.82, 2.24) is 4.90 Å². The van der Waals surface area contributed by atoms with Gasteiger partial charge in [-0.05, 0) is 48.3 Å². The normalized spacial score (nSPS) is 16.4. The molecule has 0 bridgehead atoms. The molecule has 29 heavy (non-hydrogen) atoms. The third-order valence-electron chi connectivity index (χ3n) is 5.39. The minimum absolute atomic E-state index is 0.228. The topological polar surface area (TPSA) is 75.4 Å². The average molecular weight is 425 g/mol. The smallest absolute Gasteiger partial charge is 0.255 e. The van der Waals surface area contributed by atoms with Gasteiger partial charge in [-0.2, -0.15) is 0 Å². The summed E-state index contributed by atoms with van der Waals surface area (Å²) in [5, 5.41) is 5.79. The first-order valence-corrected chi connectivity index (χ1v) is 12.5. The zero-order valence-electron chi connectivity index (χ0n) is 16.3. The fraction of sp³-hybridized carbons (Fsp3) is 0.227. The molecule has 3 aromatic rings. The number of amides is 1. The van der Waals surface area contributed by atoms with Crippen molar-refractivity contribution in [1.29, 1.82) is 0 Å². The Kier molecular flexibility index (Phi) is 5.59. The third kappa shape index (κ3) is 4.30. The maximum atomic E-state index is 13.2. The number of nitrogen functional groups attached to an aromatic ring is 1. The molecule has 7 heteroatoms. The van der Waals surface area contributed by atoms with Crippen LogP contribution in [0, 0.1) is 0 Å². The monoisotopic (exact) mass is 425 g/mol. The van der Waals surface area contributed by atoms with Gasteiger partial charge in [0.15, 0.2) is 0 Å². The highest BCUT2D eigenvalue weighted by molar-refractivity contribution is 7.71. The van der Waals surface area contributed by atoms with E-state index in [1.165, 1.54) is 0 Å². The van der Waals surface area contributed by atoms with Gasteiger partial charge in [0.25, 0.3) is 5.91 Å². The van der Waals surface area contributed by atoms with Crippen molar-refractivity contribution >= 4 is 41.1 Å². The van der Waals surface area contributed by atoms with Crippen molar-refractivity contribution in [3.05, 3.63) is 65.5 Å². The molecule has 5 nitrogen and oxygen atoms in total. The highest BCUT2D eigenvalue weighted by atomic mass is 32.1. The van der Waals surface area contributed by atoms with Gasteiger partial charge in [0.1, 0.15) is 7.14 Å². The minimum atomic E-state index is -2.35. The van der Waals surface area contributed by atoms with Gasteiger partial charge in [0.2, 0.25) is 0 Å². The Morgan fingerprint density at radius 3 is 2.48 bits per heavy atom. The van der Waals surface area contributed by atoms with Crippen molar-refractivity contribution < 1.29 is 9.36 Å². The lowest BCUT2D eigenvalue weighted by atomic mass is 10.1. The van der Waals surface area contributed by atoms with E-state index >= 15 is 0 Å². The molecule has 0 unspecified atom stereocenters. The number of nitrogens with two attached hydrogens (primary N) is 1. The number of nitrogens with one attached hydrogen (secondary N) is 1. The lowest BCUT2D eigenvalue weighted by Gasteiger charge is -2.29. The predicted molar refractivity (Wildman–Crippen MR) is 123 cm³/mol. The van der Waals surface area contributed by atoms with Crippen LogP contribution in [-0.4, -0.2) is 43.3 Å². The molecule has 0 radical (unpaired) electrons. The maximum absolute atomic E-state index is 13.2. The molecule has 1 amide bonds. The number of carbonyl (C=O) groups excluding carboxylic acids is 1. The summed E-state index contributed by atoms with van der Waals surface area (Å²) in [5.41, 5.74) is 8.72. The van der Waals surface area contributed by atoms with Crippen LogP contribution in [0.5, 0.6) is 0 Å². The standard InChI is InChI=1S/C22H24N3O2PS/c1-25-10-12-28(27,13-11-25)18-7-4-16(5-8-18)22(26)24-20-15-17(6-9-19(20)23)21-3-2-14-29-21/h2-9,14-15H,10-13,23H2,1H3,(H,24,26). The van der Waals surface area contributed by atoms with Crippen LogP contribution in [-0.2, 0) is 4.57 Å². The van der Waals surface area contributed by atoms with Crippen molar-refractivity contribution in [2.75, 3.05) is 43.5 Å². The summed E-state index contributed by atoms with van der Waals surface area (Å²) in [6.07, 6.45) is 1.39. The van der Waals surface area contributed by atoms with Crippen LogP contribution < -0.4 is 16.4 Å². The summed E-state index contributed by atoms with van der Waals surface area (Å²) in [4.78, 5) is 16.1. The Balaban J connectivity index is 1.51. The van der Waals surface area contributed by atoms with Gasteiger partial charge in [0.05, 0.1) is 11.4 Å². The molecule has 1 fully saturated rings. The van der Waals surface area contributed by atoms with E-state index in [9.17, 15) is 9.36 Å². The van der Waals surface area contributed by atoms with E-state index in [0.717, 1.165) is 28.8 Å². The van der Waals surface area contributed by atoms with Gasteiger partial charge in [-0.25, -0.2) is 0 Å². The number of hydrogen-bond donors (Lipinski definition) is 2. The van der Waals surface area contributed by atoms with E-state index in [1.54, 1.807) is 29.5 Å². The highest BCUT2D eigenvalue weighted by Gasteiger charge is 2.29. The van der Waals surface area contributed by atoms with E-state index in [1.807, 2.05) is 41.8 Å². The molecule has 1 saturated heterocycles. The lowest BCUT2D eigenvalue weighted by Crippen LogP contribution is -2.34. The number of nitrogens with zero attached hydrogens (tertiary/aromatic N) is 1. The van der Waals surface area contributed by atoms with Crippen molar-refractivity contribution in [3.8, 4) is 10.4 Å². The second-order valence-electron chi connectivity index (χ2n) is 7.42. The van der Waals surface area contributed by atoms with E-state index in [-0.39, 0.29) is 5.91 Å². The molecule has 0 saturated carbocycles. The van der Waals surface area contributed by atoms with Gasteiger partial charge in [-0.15, -0.1) is 11.3 Å². The first-order valence-electron chi connectivity index (χ1n) is 9.57. The molecule has 1 aromatic heterocycles.